The second-order valence-corrected chi connectivity index (χ2v) is 6.01. The van der Waals surface area contributed by atoms with Gasteiger partial charge >= 0.3 is 0 Å². The van der Waals surface area contributed by atoms with Crippen molar-refractivity contribution in [3.63, 3.8) is 0 Å². The lowest BCUT2D eigenvalue weighted by atomic mass is 10.1. The SMILES string of the molecule is CCCN(CCC)Cc1ccc(C(=O)N[C@H](CC)COC)cc1. The highest BCUT2D eigenvalue weighted by Gasteiger charge is 2.12. The van der Waals surface area contributed by atoms with Gasteiger partial charge in [0.25, 0.3) is 5.91 Å². The molecule has 0 spiro atoms. The van der Waals surface area contributed by atoms with Gasteiger partial charge in [0, 0.05) is 19.2 Å². The summed E-state index contributed by atoms with van der Waals surface area (Å²) >= 11 is 0. The van der Waals surface area contributed by atoms with E-state index in [1.54, 1.807) is 7.11 Å². The van der Waals surface area contributed by atoms with Crippen molar-refractivity contribution in [3.05, 3.63) is 35.4 Å². The first kappa shape index (κ1) is 19.7. The zero-order chi connectivity index (χ0) is 17.1. The largest absolute Gasteiger partial charge is 0.383 e. The van der Waals surface area contributed by atoms with Gasteiger partial charge in [0.2, 0.25) is 0 Å². The van der Waals surface area contributed by atoms with Crippen molar-refractivity contribution in [3.8, 4) is 0 Å². The molecule has 0 unspecified atom stereocenters. The maximum Gasteiger partial charge on any atom is 0.251 e. The molecule has 1 aromatic rings. The molecular weight excluding hydrogens is 288 g/mol. The van der Waals surface area contributed by atoms with Gasteiger partial charge in [-0.25, -0.2) is 0 Å². The number of hydrogen-bond donors (Lipinski definition) is 1. The van der Waals surface area contributed by atoms with Gasteiger partial charge in [0.1, 0.15) is 0 Å². The number of ether oxygens (including phenoxy) is 1. The standard InChI is InChI=1S/C19H32N2O2/c1-5-12-21(13-6-2)14-16-8-10-17(11-9-16)19(22)20-18(7-3)15-23-4/h8-11,18H,5-7,12-15H2,1-4H3,(H,20,22)/t18-/m1/s1. The molecule has 1 N–H and O–H groups in total. The number of nitrogens with one attached hydrogen (secondary N) is 1. The molecule has 0 aliphatic rings. The Labute approximate surface area is 141 Å². The minimum absolute atomic E-state index is 0.0283. The van der Waals surface area contributed by atoms with Gasteiger partial charge in [-0.05, 0) is 50.0 Å². The van der Waals surface area contributed by atoms with Crippen LogP contribution < -0.4 is 5.32 Å². The fourth-order valence-corrected chi connectivity index (χ4v) is 2.65. The molecule has 4 heteroatoms. The van der Waals surface area contributed by atoms with E-state index in [-0.39, 0.29) is 11.9 Å². The van der Waals surface area contributed by atoms with E-state index in [1.807, 2.05) is 19.1 Å². The number of benzene rings is 1. The molecule has 0 aliphatic heterocycles. The molecule has 0 aromatic heterocycles. The molecule has 4 nitrogen and oxygen atoms in total. The molecule has 0 saturated carbocycles. The summed E-state index contributed by atoms with van der Waals surface area (Å²) in [5.74, 6) is -0.0283. The van der Waals surface area contributed by atoms with Gasteiger partial charge in [0.15, 0.2) is 0 Å². The minimum Gasteiger partial charge on any atom is -0.383 e. The van der Waals surface area contributed by atoms with E-state index in [0.717, 1.165) is 26.1 Å². The summed E-state index contributed by atoms with van der Waals surface area (Å²) in [5, 5.41) is 3.01. The van der Waals surface area contributed by atoms with Crippen LogP contribution in [-0.2, 0) is 11.3 Å². The van der Waals surface area contributed by atoms with Gasteiger partial charge in [-0.15, -0.1) is 0 Å². The van der Waals surface area contributed by atoms with Crippen LogP contribution in [0.4, 0.5) is 0 Å². The fourth-order valence-electron chi connectivity index (χ4n) is 2.65. The van der Waals surface area contributed by atoms with Crippen molar-refractivity contribution < 1.29 is 9.53 Å². The van der Waals surface area contributed by atoms with Crippen LogP contribution in [-0.4, -0.2) is 43.7 Å². The number of nitrogens with zero attached hydrogens (tertiary/aromatic N) is 1. The smallest absolute Gasteiger partial charge is 0.251 e. The maximum atomic E-state index is 12.3. The molecule has 1 amide bonds. The Morgan fingerprint density at radius 2 is 1.74 bits per heavy atom. The predicted octanol–water partition coefficient (Wildman–Crippen LogP) is 3.46. The summed E-state index contributed by atoms with van der Waals surface area (Å²) < 4.78 is 5.12. The van der Waals surface area contributed by atoms with Gasteiger partial charge < -0.3 is 10.1 Å². The number of rotatable bonds is 11. The first-order chi connectivity index (χ1) is 11.1. The Morgan fingerprint density at radius 3 is 2.22 bits per heavy atom. The van der Waals surface area contributed by atoms with Crippen LogP contribution in [0.5, 0.6) is 0 Å². The van der Waals surface area contributed by atoms with Crippen molar-refractivity contribution in [2.24, 2.45) is 0 Å². The first-order valence-corrected chi connectivity index (χ1v) is 8.75. The van der Waals surface area contributed by atoms with E-state index in [2.05, 4.69) is 36.2 Å². The summed E-state index contributed by atoms with van der Waals surface area (Å²) in [5.41, 5.74) is 1.97. The lowest BCUT2D eigenvalue weighted by molar-refractivity contribution is 0.0894. The average Bonchev–Trinajstić information content (AvgIpc) is 2.55. The van der Waals surface area contributed by atoms with Gasteiger partial charge in [-0.1, -0.05) is 32.9 Å². The van der Waals surface area contributed by atoms with Crippen LogP contribution in [0.25, 0.3) is 0 Å². The van der Waals surface area contributed by atoms with E-state index >= 15 is 0 Å². The summed E-state index contributed by atoms with van der Waals surface area (Å²) in [6.07, 6.45) is 3.19. The molecule has 0 radical (unpaired) electrons. The highest BCUT2D eigenvalue weighted by molar-refractivity contribution is 5.94. The van der Waals surface area contributed by atoms with Crippen molar-refractivity contribution in [2.45, 2.75) is 52.6 Å². The first-order valence-electron chi connectivity index (χ1n) is 8.75. The molecule has 130 valence electrons. The summed E-state index contributed by atoms with van der Waals surface area (Å²) in [6, 6.07) is 8.02. The number of methoxy groups -OCH3 is 1. The third-order valence-electron chi connectivity index (χ3n) is 3.90. The topological polar surface area (TPSA) is 41.6 Å². The van der Waals surface area contributed by atoms with Crippen molar-refractivity contribution in [2.75, 3.05) is 26.8 Å². The summed E-state index contributed by atoms with van der Waals surface area (Å²) in [7, 11) is 1.65. The quantitative estimate of drug-likeness (QED) is 0.679. The Hall–Kier alpha value is -1.39. The second-order valence-electron chi connectivity index (χ2n) is 6.01. The van der Waals surface area contributed by atoms with Gasteiger partial charge in [-0.2, -0.15) is 0 Å². The Morgan fingerprint density at radius 1 is 1.13 bits per heavy atom. The van der Waals surface area contributed by atoms with E-state index < -0.39 is 0 Å². The molecule has 0 heterocycles. The Kier molecular flexibility index (Phi) is 9.57. The third-order valence-corrected chi connectivity index (χ3v) is 3.90. The van der Waals surface area contributed by atoms with Crippen LogP contribution in [0.3, 0.4) is 0 Å². The molecule has 0 saturated heterocycles. The maximum absolute atomic E-state index is 12.3. The normalized spacial score (nSPS) is 12.4. The molecular formula is C19H32N2O2. The Balaban J connectivity index is 2.62. The molecule has 1 aromatic carbocycles. The van der Waals surface area contributed by atoms with Crippen LogP contribution in [0.1, 0.15) is 56.0 Å². The Bertz CT molecular complexity index is 439. The highest BCUT2D eigenvalue weighted by Crippen LogP contribution is 2.09. The van der Waals surface area contributed by atoms with Gasteiger partial charge in [-0.3, -0.25) is 9.69 Å². The average molecular weight is 320 g/mol. The number of carbonyl (C=O) groups excluding carboxylic acids is 1. The van der Waals surface area contributed by atoms with E-state index in [4.69, 9.17) is 4.74 Å². The molecule has 0 bridgehead atoms. The van der Waals surface area contributed by atoms with Crippen molar-refractivity contribution >= 4 is 5.91 Å². The second kappa shape index (κ2) is 11.2. The monoisotopic (exact) mass is 320 g/mol. The summed E-state index contributed by atoms with van der Waals surface area (Å²) in [6.45, 7) is 10.2. The highest BCUT2D eigenvalue weighted by atomic mass is 16.5. The van der Waals surface area contributed by atoms with E-state index in [9.17, 15) is 4.79 Å². The third kappa shape index (κ3) is 7.14. The number of amides is 1. The molecule has 0 fully saturated rings. The molecule has 1 atom stereocenters. The minimum atomic E-state index is -0.0283. The lowest BCUT2D eigenvalue weighted by Gasteiger charge is -2.21. The summed E-state index contributed by atoms with van der Waals surface area (Å²) in [4.78, 5) is 14.7. The van der Waals surface area contributed by atoms with Crippen LogP contribution in [0, 0.1) is 0 Å². The zero-order valence-electron chi connectivity index (χ0n) is 15.1. The van der Waals surface area contributed by atoms with Crippen LogP contribution in [0.2, 0.25) is 0 Å². The predicted molar refractivity (Wildman–Crippen MR) is 95.7 cm³/mol. The van der Waals surface area contributed by atoms with Crippen molar-refractivity contribution in [1.29, 1.82) is 0 Å². The lowest BCUT2D eigenvalue weighted by Crippen LogP contribution is -2.37. The van der Waals surface area contributed by atoms with Crippen LogP contribution in [0.15, 0.2) is 24.3 Å². The van der Waals surface area contributed by atoms with Crippen molar-refractivity contribution in [1.82, 2.24) is 10.2 Å². The van der Waals surface area contributed by atoms with E-state index in [0.29, 0.717) is 12.2 Å². The van der Waals surface area contributed by atoms with Crippen LogP contribution >= 0.6 is 0 Å². The zero-order valence-corrected chi connectivity index (χ0v) is 15.1. The number of carbonyl (C=O) groups is 1. The molecule has 23 heavy (non-hydrogen) atoms. The molecule has 0 aliphatic carbocycles. The fraction of sp³-hybridized carbons (Fsp3) is 0.632. The molecule has 1 rings (SSSR count). The van der Waals surface area contributed by atoms with E-state index in [1.165, 1.54) is 18.4 Å². The number of hydrogen-bond acceptors (Lipinski definition) is 3. The van der Waals surface area contributed by atoms with Gasteiger partial charge in [0.05, 0.1) is 12.6 Å².